The molecule has 4 heteroatoms. The molecule has 1 aliphatic heterocycles. The van der Waals surface area contributed by atoms with Gasteiger partial charge in [-0.3, -0.25) is 4.79 Å². The molecule has 0 radical (unpaired) electrons. The summed E-state index contributed by atoms with van der Waals surface area (Å²) in [5.74, 6) is 0.487. The quantitative estimate of drug-likeness (QED) is 0.875. The van der Waals surface area contributed by atoms with Gasteiger partial charge in [0.15, 0.2) is 0 Å². The van der Waals surface area contributed by atoms with Gasteiger partial charge in [0.25, 0.3) is 0 Å². The third kappa shape index (κ3) is 4.55. The van der Waals surface area contributed by atoms with Crippen LogP contribution in [0.25, 0.3) is 0 Å². The molecular weight excluding hydrogens is 264 g/mol. The molecule has 4 nitrogen and oxygen atoms in total. The van der Waals surface area contributed by atoms with Crippen LogP contribution in [0.5, 0.6) is 0 Å². The lowest BCUT2D eigenvalue weighted by Gasteiger charge is -2.36. The van der Waals surface area contributed by atoms with E-state index in [2.05, 4.69) is 10.2 Å². The maximum absolute atomic E-state index is 12.5. The SMILES string of the molecule is CC(C)(CN1CCC(CO)CC1)C(=O)Nc1ccccc1. The first-order valence-electron chi connectivity index (χ1n) is 7.71. The number of benzene rings is 1. The van der Waals surface area contributed by atoms with E-state index in [0.717, 1.165) is 38.2 Å². The van der Waals surface area contributed by atoms with Crippen molar-refractivity contribution >= 4 is 11.6 Å². The Bertz CT molecular complexity index is 451. The molecule has 0 bridgehead atoms. The lowest BCUT2D eigenvalue weighted by molar-refractivity contribution is -0.125. The summed E-state index contributed by atoms with van der Waals surface area (Å²) >= 11 is 0. The number of rotatable bonds is 5. The molecule has 1 fully saturated rings. The highest BCUT2D eigenvalue weighted by Gasteiger charge is 2.31. The monoisotopic (exact) mass is 290 g/mol. The zero-order valence-electron chi connectivity index (χ0n) is 13.0. The second-order valence-electron chi connectivity index (χ2n) is 6.61. The van der Waals surface area contributed by atoms with Crippen molar-refractivity contribution in [2.24, 2.45) is 11.3 Å². The van der Waals surface area contributed by atoms with Gasteiger partial charge in [0, 0.05) is 18.8 Å². The molecule has 0 aromatic heterocycles. The van der Waals surface area contributed by atoms with Crippen molar-refractivity contribution in [2.75, 3.05) is 31.6 Å². The molecule has 1 aromatic carbocycles. The summed E-state index contributed by atoms with van der Waals surface area (Å²) in [4.78, 5) is 14.8. The number of likely N-dealkylation sites (tertiary alicyclic amines) is 1. The Hall–Kier alpha value is -1.39. The molecular formula is C17H26N2O2. The van der Waals surface area contributed by atoms with Crippen molar-refractivity contribution in [3.05, 3.63) is 30.3 Å². The standard InChI is InChI=1S/C17H26N2O2/c1-17(2,13-19-10-8-14(12-20)9-11-19)16(21)18-15-6-4-3-5-7-15/h3-7,14,20H,8-13H2,1-2H3,(H,18,21). The van der Waals surface area contributed by atoms with Crippen LogP contribution in [-0.2, 0) is 4.79 Å². The smallest absolute Gasteiger partial charge is 0.231 e. The maximum atomic E-state index is 12.5. The number of piperidine rings is 1. The maximum Gasteiger partial charge on any atom is 0.231 e. The first kappa shape index (κ1) is 16.0. The highest BCUT2D eigenvalue weighted by molar-refractivity contribution is 5.94. The van der Waals surface area contributed by atoms with Gasteiger partial charge >= 0.3 is 0 Å². The molecule has 0 aliphatic carbocycles. The second kappa shape index (κ2) is 7.05. The van der Waals surface area contributed by atoms with Crippen LogP contribution in [0.3, 0.4) is 0 Å². The van der Waals surface area contributed by atoms with Crippen LogP contribution in [0.1, 0.15) is 26.7 Å². The summed E-state index contributed by atoms with van der Waals surface area (Å²) in [5, 5.41) is 12.2. The number of carbonyl (C=O) groups excluding carboxylic acids is 1. The third-order valence-electron chi connectivity index (χ3n) is 4.23. The van der Waals surface area contributed by atoms with Gasteiger partial charge in [0.2, 0.25) is 5.91 Å². The molecule has 1 aliphatic rings. The second-order valence-corrected chi connectivity index (χ2v) is 6.61. The van der Waals surface area contributed by atoms with Crippen LogP contribution in [0.2, 0.25) is 0 Å². The first-order chi connectivity index (χ1) is 10.0. The van der Waals surface area contributed by atoms with E-state index < -0.39 is 5.41 Å². The minimum atomic E-state index is -0.429. The zero-order valence-corrected chi connectivity index (χ0v) is 13.0. The Morgan fingerprint density at radius 3 is 2.48 bits per heavy atom. The topological polar surface area (TPSA) is 52.6 Å². The number of hydrogen-bond acceptors (Lipinski definition) is 3. The fourth-order valence-corrected chi connectivity index (χ4v) is 2.78. The summed E-state index contributed by atoms with van der Waals surface area (Å²) in [7, 11) is 0. The predicted octanol–water partition coefficient (Wildman–Crippen LogP) is 2.36. The van der Waals surface area contributed by atoms with Gasteiger partial charge in [-0.05, 0) is 57.8 Å². The molecule has 21 heavy (non-hydrogen) atoms. The van der Waals surface area contributed by atoms with Crippen LogP contribution >= 0.6 is 0 Å². The molecule has 2 rings (SSSR count). The van der Waals surface area contributed by atoms with Gasteiger partial charge in [-0.2, -0.15) is 0 Å². The molecule has 1 saturated heterocycles. The summed E-state index contributed by atoms with van der Waals surface area (Å²) in [5.41, 5.74) is 0.414. The fourth-order valence-electron chi connectivity index (χ4n) is 2.78. The molecule has 2 N–H and O–H groups in total. The Balaban J connectivity index is 1.87. The first-order valence-corrected chi connectivity index (χ1v) is 7.71. The summed E-state index contributed by atoms with van der Waals surface area (Å²) in [6.07, 6.45) is 2.04. The number of anilines is 1. The molecule has 0 spiro atoms. The number of carbonyl (C=O) groups is 1. The highest BCUT2D eigenvalue weighted by atomic mass is 16.3. The van der Waals surface area contributed by atoms with Gasteiger partial charge in [-0.15, -0.1) is 0 Å². The molecule has 1 aromatic rings. The van der Waals surface area contributed by atoms with Gasteiger partial charge in [0.05, 0.1) is 5.41 Å². The van der Waals surface area contributed by atoms with Gasteiger partial charge in [-0.1, -0.05) is 18.2 Å². The zero-order chi connectivity index (χ0) is 15.3. The average molecular weight is 290 g/mol. The van der Waals surface area contributed by atoms with Crippen LogP contribution in [-0.4, -0.2) is 42.2 Å². The summed E-state index contributed by atoms with van der Waals surface area (Å²) < 4.78 is 0. The van der Waals surface area contributed by atoms with Crippen molar-refractivity contribution < 1.29 is 9.90 Å². The minimum Gasteiger partial charge on any atom is -0.396 e. The van der Waals surface area contributed by atoms with E-state index in [1.54, 1.807) is 0 Å². The number of para-hydroxylation sites is 1. The number of amides is 1. The van der Waals surface area contributed by atoms with Crippen molar-refractivity contribution in [3.63, 3.8) is 0 Å². The predicted molar refractivity (Wildman–Crippen MR) is 85.1 cm³/mol. The number of nitrogens with zero attached hydrogens (tertiary/aromatic N) is 1. The van der Waals surface area contributed by atoms with E-state index in [1.165, 1.54) is 0 Å². The number of nitrogens with one attached hydrogen (secondary N) is 1. The minimum absolute atomic E-state index is 0.0537. The largest absolute Gasteiger partial charge is 0.396 e. The molecule has 1 heterocycles. The van der Waals surface area contributed by atoms with Crippen molar-refractivity contribution in [2.45, 2.75) is 26.7 Å². The Kier molecular flexibility index (Phi) is 5.37. The van der Waals surface area contributed by atoms with E-state index in [9.17, 15) is 9.90 Å². The van der Waals surface area contributed by atoms with Crippen molar-refractivity contribution in [1.82, 2.24) is 4.90 Å². The van der Waals surface area contributed by atoms with Crippen molar-refractivity contribution in [3.8, 4) is 0 Å². The van der Waals surface area contributed by atoms with Crippen molar-refractivity contribution in [1.29, 1.82) is 0 Å². The van der Waals surface area contributed by atoms with Crippen LogP contribution < -0.4 is 5.32 Å². The lowest BCUT2D eigenvalue weighted by atomic mass is 9.89. The Morgan fingerprint density at radius 1 is 1.29 bits per heavy atom. The van der Waals surface area contributed by atoms with Gasteiger partial charge in [0.1, 0.15) is 0 Å². The Morgan fingerprint density at radius 2 is 1.90 bits per heavy atom. The van der Waals surface area contributed by atoms with Crippen LogP contribution in [0, 0.1) is 11.3 Å². The summed E-state index contributed by atoms with van der Waals surface area (Å²) in [6, 6.07) is 9.58. The van der Waals surface area contributed by atoms with E-state index in [-0.39, 0.29) is 12.5 Å². The van der Waals surface area contributed by atoms with Gasteiger partial charge in [-0.25, -0.2) is 0 Å². The number of hydrogen-bond donors (Lipinski definition) is 2. The molecule has 116 valence electrons. The number of aliphatic hydroxyl groups is 1. The fraction of sp³-hybridized carbons (Fsp3) is 0.588. The average Bonchev–Trinajstić information content (AvgIpc) is 2.48. The van der Waals surface area contributed by atoms with E-state index >= 15 is 0 Å². The Labute approximate surface area is 127 Å². The lowest BCUT2D eigenvalue weighted by Crippen LogP contribution is -2.45. The van der Waals surface area contributed by atoms with E-state index in [4.69, 9.17) is 0 Å². The molecule has 0 atom stereocenters. The van der Waals surface area contributed by atoms with E-state index in [1.807, 2.05) is 44.2 Å². The van der Waals surface area contributed by atoms with Crippen LogP contribution in [0.15, 0.2) is 30.3 Å². The number of aliphatic hydroxyl groups excluding tert-OH is 1. The molecule has 1 amide bonds. The molecule has 0 saturated carbocycles. The van der Waals surface area contributed by atoms with Gasteiger partial charge < -0.3 is 15.3 Å². The highest BCUT2D eigenvalue weighted by Crippen LogP contribution is 2.24. The normalized spacial score (nSPS) is 17.7. The third-order valence-corrected chi connectivity index (χ3v) is 4.23. The van der Waals surface area contributed by atoms with Crippen LogP contribution in [0.4, 0.5) is 5.69 Å². The summed E-state index contributed by atoms with van der Waals surface area (Å²) in [6.45, 7) is 6.95. The van der Waals surface area contributed by atoms with E-state index in [0.29, 0.717) is 5.92 Å². The molecule has 0 unspecified atom stereocenters.